The summed E-state index contributed by atoms with van der Waals surface area (Å²) in [6, 6.07) is 12.6. The van der Waals surface area contributed by atoms with E-state index in [9.17, 15) is 9.59 Å². The van der Waals surface area contributed by atoms with Crippen LogP contribution in [0.15, 0.2) is 48.7 Å². The Hall–Kier alpha value is -3.41. The Morgan fingerprint density at radius 3 is 2.48 bits per heavy atom. The maximum atomic E-state index is 12.4. The first kappa shape index (κ1) is 18.4. The van der Waals surface area contributed by atoms with Gasteiger partial charge < -0.3 is 14.8 Å². The molecule has 27 heavy (non-hydrogen) atoms. The smallest absolute Gasteiger partial charge is 0.341 e. The molecule has 1 N–H and O–H groups in total. The molecule has 3 rings (SSSR count). The Morgan fingerprint density at radius 1 is 1.07 bits per heavy atom. The lowest BCUT2D eigenvalue weighted by Crippen LogP contribution is -2.09. The van der Waals surface area contributed by atoms with Crippen molar-refractivity contribution in [2.45, 2.75) is 13.8 Å². The minimum absolute atomic E-state index is 0.276. The Labute approximate surface area is 157 Å². The van der Waals surface area contributed by atoms with Gasteiger partial charge in [-0.05, 0) is 43.7 Å². The van der Waals surface area contributed by atoms with Gasteiger partial charge in [0.05, 0.1) is 30.5 Å². The summed E-state index contributed by atoms with van der Waals surface area (Å²) in [6.07, 6.45) is 1.53. The maximum absolute atomic E-state index is 12.4. The van der Waals surface area contributed by atoms with Crippen molar-refractivity contribution >= 4 is 34.2 Å². The van der Waals surface area contributed by atoms with Crippen LogP contribution in [0.1, 0.15) is 33.2 Å². The van der Waals surface area contributed by atoms with E-state index in [1.54, 1.807) is 31.2 Å². The molecular weight excluding hydrogens is 344 g/mol. The summed E-state index contributed by atoms with van der Waals surface area (Å²) < 4.78 is 9.88. The van der Waals surface area contributed by atoms with Crippen molar-refractivity contribution in [3.8, 4) is 0 Å². The molecule has 0 fully saturated rings. The third kappa shape index (κ3) is 3.74. The van der Waals surface area contributed by atoms with Gasteiger partial charge in [-0.1, -0.05) is 18.2 Å². The Kier molecular flexibility index (Phi) is 5.35. The zero-order valence-corrected chi connectivity index (χ0v) is 15.4. The summed E-state index contributed by atoms with van der Waals surface area (Å²) in [4.78, 5) is 28.4. The van der Waals surface area contributed by atoms with E-state index in [4.69, 9.17) is 9.47 Å². The number of ether oxygens (including phenoxy) is 2. The van der Waals surface area contributed by atoms with Gasteiger partial charge in [0.15, 0.2) is 0 Å². The van der Waals surface area contributed by atoms with Gasteiger partial charge in [-0.25, -0.2) is 9.59 Å². The van der Waals surface area contributed by atoms with Crippen LogP contribution >= 0.6 is 0 Å². The van der Waals surface area contributed by atoms with E-state index in [1.807, 2.05) is 25.1 Å². The quantitative estimate of drug-likeness (QED) is 0.682. The third-order valence-electron chi connectivity index (χ3n) is 4.17. The standard InChI is InChI=1S/C21H20N2O4/c1-4-27-21(25)17-12-22-18-13(2)6-5-7-16(18)19(17)23-15-10-8-14(9-11-15)20(24)26-3/h5-12H,4H2,1-3H3,(H,22,23). The van der Waals surface area contributed by atoms with Crippen molar-refractivity contribution in [2.75, 3.05) is 19.0 Å². The lowest BCUT2D eigenvalue weighted by molar-refractivity contribution is 0.0526. The van der Waals surface area contributed by atoms with Gasteiger partial charge in [0.1, 0.15) is 5.56 Å². The Bertz CT molecular complexity index is 997. The van der Waals surface area contributed by atoms with Crippen LogP contribution < -0.4 is 5.32 Å². The monoisotopic (exact) mass is 364 g/mol. The lowest BCUT2D eigenvalue weighted by atomic mass is 10.1. The molecular formula is C21H20N2O4. The van der Waals surface area contributed by atoms with Gasteiger partial charge in [-0.3, -0.25) is 4.98 Å². The van der Waals surface area contributed by atoms with E-state index in [1.165, 1.54) is 13.3 Å². The number of para-hydroxylation sites is 1. The highest BCUT2D eigenvalue weighted by Gasteiger charge is 2.18. The second-order valence-electron chi connectivity index (χ2n) is 5.93. The summed E-state index contributed by atoms with van der Waals surface area (Å²) >= 11 is 0. The van der Waals surface area contributed by atoms with Crippen molar-refractivity contribution in [1.29, 1.82) is 0 Å². The van der Waals surface area contributed by atoms with Crippen molar-refractivity contribution in [2.24, 2.45) is 0 Å². The minimum Gasteiger partial charge on any atom is -0.465 e. The largest absolute Gasteiger partial charge is 0.465 e. The number of carbonyl (C=O) groups excluding carboxylic acids is 2. The lowest BCUT2D eigenvalue weighted by Gasteiger charge is -2.15. The summed E-state index contributed by atoms with van der Waals surface area (Å²) in [7, 11) is 1.34. The predicted octanol–water partition coefficient (Wildman–Crippen LogP) is 4.25. The first-order valence-electron chi connectivity index (χ1n) is 8.56. The molecule has 6 heteroatoms. The number of hydrogen-bond donors (Lipinski definition) is 1. The number of nitrogens with one attached hydrogen (secondary N) is 1. The van der Waals surface area contributed by atoms with Crippen LogP contribution in [0.2, 0.25) is 0 Å². The van der Waals surface area contributed by atoms with E-state index in [0.29, 0.717) is 16.8 Å². The molecule has 138 valence electrons. The van der Waals surface area contributed by atoms with Gasteiger partial charge in [-0.2, -0.15) is 0 Å². The normalized spacial score (nSPS) is 10.5. The molecule has 0 radical (unpaired) electrons. The van der Waals surface area contributed by atoms with Crippen LogP contribution in [0.3, 0.4) is 0 Å². The number of anilines is 2. The highest BCUT2D eigenvalue weighted by atomic mass is 16.5. The second kappa shape index (κ2) is 7.86. The first-order chi connectivity index (χ1) is 13.0. The summed E-state index contributed by atoms with van der Waals surface area (Å²) in [6.45, 7) is 4.00. The third-order valence-corrected chi connectivity index (χ3v) is 4.17. The van der Waals surface area contributed by atoms with Gasteiger partial charge in [0.2, 0.25) is 0 Å². The number of carbonyl (C=O) groups is 2. The van der Waals surface area contributed by atoms with Crippen LogP contribution in [0, 0.1) is 6.92 Å². The van der Waals surface area contributed by atoms with Crippen LogP contribution in [0.5, 0.6) is 0 Å². The SMILES string of the molecule is CCOC(=O)c1cnc2c(C)cccc2c1Nc1ccc(C(=O)OC)cc1. The number of aryl methyl sites for hydroxylation is 1. The Morgan fingerprint density at radius 2 is 1.81 bits per heavy atom. The van der Waals surface area contributed by atoms with Crippen molar-refractivity contribution in [3.05, 3.63) is 65.4 Å². The van der Waals surface area contributed by atoms with Gasteiger partial charge in [-0.15, -0.1) is 0 Å². The van der Waals surface area contributed by atoms with Crippen LogP contribution in [-0.2, 0) is 9.47 Å². The number of methoxy groups -OCH3 is 1. The molecule has 0 bridgehead atoms. The number of esters is 2. The molecule has 2 aromatic carbocycles. The fraction of sp³-hybridized carbons (Fsp3) is 0.190. The molecule has 1 heterocycles. The molecule has 0 saturated carbocycles. The zero-order valence-electron chi connectivity index (χ0n) is 15.4. The second-order valence-corrected chi connectivity index (χ2v) is 5.93. The average Bonchev–Trinajstić information content (AvgIpc) is 2.68. The molecule has 1 aromatic heterocycles. The number of fused-ring (bicyclic) bond motifs is 1. The molecule has 0 unspecified atom stereocenters. The molecule has 0 spiro atoms. The predicted molar refractivity (Wildman–Crippen MR) is 104 cm³/mol. The molecule has 0 amide bonds. The average molecular weight is 364 g/mol. The van der Waals surface area contributed by atoms with Crippen LogP contribution in [0.25, 0.3) is 10.9 Å². The first-order valence-corrected chi connectivity index (χ1v) is 8.56. The van der Waals surface area contributed by atoms with Gasteiger partial charge >= 0.3 is 11.9 Å². The fourth-order valence-electron chi connectivity index (χ4n) is 2.82. The van der Waals surface area contributed by atoms with Gasteiger partial charge in [0.25, 0.3) is 0 Å². The molecule has 0 aliphatic carbocycles. The number of pyridine rings is 1. The summed E-state index contributed by atoms with van der Waals surface area (Å²) in [5, 5.41) is 4.09. The molecule has 6 nitrogen and oxygen atoms in total. The van der Waals surface area contributed by atoms with Crippen LogP contribution in [0.4, 0.5) is 11.4 Å². The molecule has 0 aliphatic heterocycles. The molecule has 0 atom stereocenters. The van der Waals surface area contributed by atoms with E-state index < -0.39 is 11.9 Å². The van der Waals surface area contributed by atoms with Crippen LogP contribution in [-0.4, -0.2) is 30.6 Å². The topological polar surface area (TPSA) is 77.5 Å². The summed E-state index contributed by atoms with van der Waals surface area (Å²) in [5.41, 5.74) is 3.96. The highest BCUT2D eigenvalue weighted by molar-refractivity contribution is 6.06. The van der Waals surface area contributed by atoms with E-state index >= 15 is 0 Å². The number of nitrogens with zero attached hydrogens (tertiary/aromatic N) is 1. The highest BCUT2D eigenvalue weighted by Crippen LogP contribution is 2.31. The number of aromatic nitrogens is 1. The number of hydrogen-bond acceptors (Lipinski definition) is 6. The number of rotatable bonds is 5. The van der Waals surface area contributed by atoms with E-state index in [2.05, 4.69) is 10.3 Å². The molecule has 0 saturated heterocycles. The van der Waals surface area contributed by atoms with E-state index in [0.717, 1.165) is 22.2 Å². The van der Waals surface area contributed by atoms with Gasteiger partial charge in [0, 0.05) is 17.3 Å². The van der Waals surface area contributed by atoms with Crippen molar-refractivity contribution in [3.63, 3.8) is 0 Å². The zero-order chi connectivity index (χ0) is 19.4. The Balaban J connectivity index is 2.07. The molecule has 0 aliphatic rings. The maximum Gasteiger partial charge on any atom is 0.341 e. The van der Waals surface area contributed by atoms with Crippen molar-refractivity contribution < 1.29 is 19.1 Å². The minimum atomic E-state index is -0.443. The van der Waals surface area contributed by atoms with E-state index in [-0.39, 0.29) is 6.61 Å². The number of benzene rings is 2. The molecule has 3 aromatic rings. The fourth-order valence-corrected chi connectivity index (χ4v) is 2.82. The van der Waals surface area contributed by atoms with Crippen molar-refractivity contribution in [1.82, 2.24) is 4.98 Å². The summed E-state index contributed by atoms with van der Waals surface area (Å²) in [5.74, 6) is -0.846.